The van der Waals surface area contributed by atoms with Gasteiger partial charge < -0.3 is 14.7 Å². The number of carboxylic acids is 1. The quantitative estimate of drug-likeness (QED) is 0.456. The molecule has 0 aromatic heterocycles. The molecule has 0 radical (unpaired) electrons. The Bertz CT molecular complexity index is 939. The number of benzene rings is 2. The van der Waals surface area contributed by atoms with Crippen molar-refractivity contribution < 1.29 is 23.8 Å². The second-order valence-corrected chi connectivity index (χ2v) is 9.21. The van der Waals surface area contributed by atoms with Gasteiger partial charge in [0, 0.05) is 21.0 Å². The Labute approximate surface area is 187 Å². The van der Waals surface area contributed by atoms with Gasteiger partial charge in [0.15, 0.2) is 0 Å². The summed E-state index contributed by atoms with van der Waals surface area (Å²) in [5, 5.41) is 8.44. The van der Waals surface area contributed by atoms with E-state index in [9.17, 15) is 19.1 Å². The van der Waals surface area contributed by atoms with Crippen LogP contribution >= 0.6 is 27.7 Å². The third-order valence-electron chi connectivity index (χ3n) is 4.75. The Kier molecular flexibility index (Phi) is 7.77. The molecular weight excluding hydrogens is 473 g/mol. The third kappa shape index (κ3) is 5.55. The topological polar surface area (TPSA) is 66.8 Å². The van der Waals surface area contributed by atoms with E-state index in [1.54, 1.807) is 18.2 Å². The van der Waals surface area contributed by atoms with E-state index in [0.717, 1.165) is 24.2 Å². The fourth-order valence-electron chi connectivity index (χ4n) is 3.21. The first-order valence-electron chi connectivity index (χ1n) is 9.79. The second-order valence-electron chi connectivity index (χ2n) is 7.05. The van der Waals surface area contributed by atoms with E-state index >= 15 is 0 Å². The van der Waals surface area contributed by atoms with Gasteiger partial charge in [0.05, 0.1) is 30.5 Å². The number of anilines is 1. The maximum atomic E-state index is 14.4. The second kappa shape index (κ2) is 10.3. The lowest BCUT2D eigenvalue weighted by molar-refractivity contribution is -0.138. The van der Waals surface area contributed by atoms with Crippen molar-refractivity contribution in [3.8, 4) is 5.75 Å². The zero-order valence-corrected chi connectivity index (χ0v) is 19.0. The van der Waals surface area contributed by atoms with Crippen LogP contribution in [0, 0.1) is 5.82 Å². The molecule has 0 saturated carbocycles. The molecule has 1 amide bonds. The van der Waals surface area contributed by atoms with Gasteiger partial charge in [-0.15, -0.1) is 11.8 Å². The summed E-state index contributed by atoms with van der Waals surface area (Å²) in [5.74, 6) is -1.19. The highest BCUT2D eigenvalue weighted by atomic mass is 79.9. The van der Waals surface area contributed by atoms with Crippen LogP contribution in [0.25, 0.3) is 0 Å². The summed E-state index contributed by atoms with van der Waals surface area (Å²) in [6, 6.07) is 10.1. The molecule has 8 heteroatoms. The maximum Gasteiger partial charge on any atom is 0.305 e. The van der Waals surface area contributed by atoms with Gasteiger partial charge >= 0.3 is 5.97 Å². The lowest BCUT2D eigenvalue weighted by Gasteiger charge is -2.33. The summed E-state index contributed by atoms with van der Waals surface area (Å²) in [6.07, 6.45) is 2.81. The van der Waals surface area contributed by atoms with Gasteiger partial charge in [0.1, 0.15) is 11.6 Å². The molecule has 0 saturated heterocycles. The van der Waals surface area contributed by atoms with Gasteiger partial charge in [-0.1, -0.05) is 41.8 Å². The number of ether oxygens (including phenoxy) is 1. The highest BCUT2D eigenvalue weighted by molar-refractivity contribution is 9.10. The van der Waals surface area contributed by atoms with Crippen LogP contribution in [0.1, 0.15) is 38.2 Å². The number of hydrogen-bond acceptors (Lipinski definition) is 4. The summed E-state index contributed by atoms with van der Waals surface area (Å²) in [7, 11) is 0. The summed E-state index contributed by atoms with van der Waals surface area (Å²) >= 11 is 4.46. The number of rotatable bonds is 9. The fraction of sp³-hybridized carbons (Fsp3) is 0.364. The first-order valence-corrected chi connectivity index (χ1v) is 11.5. The van der Waals surface area contributed by atoms with E-state index in [1.165, 1.54) is 22.7 Å². The van der Waals surface area contributed by atoms with Gasteiger partial charge in [0.2, 0.25) is 5.91 Å². The molecule has 3 rings (SSSR count). The molecule has 1 N–H and O–H groups in total. The molecular formula is C22H23BrFNO4S. The molecule has 1 heterocycles. The molecule has 0 fully saturated rings. The molecule has 160 valence electrons. The van der Waals surface area contributed by atoms with E-state index in [-0.39, 0.29) is 18.9 Å². The van der Waals surface area contributed by atoms with Crippen LogP contribution in [-0.2, 0) is 16.1 Å². The van der Waals surface area contributed by atoms with Crippen molar-refractivity contribution >= 4 is 45.3 Å². The molecule has 2 aromatic carbocycles. The first-order chi connectivity index (χ1) is 14.4. The Morgan fingerprint density at radius 1 is 1.27 bits per heavy atom. The summed E-state index contributed by atoms with van der Waals surface area (Å²) in [5.41, 5.74) is 0.967. The standard InChI is InChI=1S/C22H23BrFNO4S/c1-2-3-4-9-29-16-7-8-19-18(11-16)25(22(28)20(30-19)12-21(26)27)13-14-5-6-15(23)10-17(14)24/h5-8,10-11,20H,2-4,9,12-13H2,1H3,(H,26,27). The van der Waals surface area contributed by atoms with Crippen molar-refractivity contribution in [3.05, 3.63) is 52.3 Å². The van der Waals surface area contributed by atoms with Crippen LogP contribution in [-0.4, -0.2) is 28.8 Å². The molecule has 30 heavy (non-hydrogen) atoms. The van der Waals surface area contributed by atoms with Crippen molar-refractivity contribution in [2.75, 3.05) is 11.5 Å². The lowest BCUT2D eigenvalue weighted by atomic mass is 10.1. The molecule has 0 bridgehead atoms. The Balaban J connectivity index is 1.91. The number of carbonyl (C=O) groups excluding carboxylic acids is 1. The largest absolute Gasteiger partial charge is 0.494 e. The fourth-order valence-corrected chi connectivity index (χ4v) is 4.74. The predicted molar refractivity (Wildman–Crippen MR) is 119 cm³/mol. The van der Waals surface area contributed by atoms with Crippen LogP contribution in [0.4, 0.5) is 10.1 Å². The number of aliphatic carboxylic acids is 1. The number of fused-ring (bicyclic) bond motifs is 1. The van der Waals surface area contributed by atoms with E-state index in [1.807, 2.05) is 12.1 Å². The molecule has 2 aromatic rings. The highest BCUT2D eigenvalue weighted by Crippen LogP contribution is 2.43. The molecule has 1 unspecified atom stereocenters. The van der Waals surface area contributed by atoms with Gasteiger partial charge in [0.25, 0.3) is 0 Å². The third-order valence-corrected chi connectivity index (χ3v) is 6.50. The van der Waals surface area contributed by atoms with E-state index in [0.29, 0.717) is 28.1 Å². The van der Waals surface area contributed by atoms with E-state index in [2.05, 4.69) is 22.9 Å². The summed E-state index contributed by atoms with van der Waals surface area (Å²) in [4.78, 5) is 26.6. The van der Waals surface area contributed by atoms with Crippen molar-refractivity contribution in [2.45, 2.75) is 49.3 Å². The number of carboxylic acid groups (broad SMARTS) is 1. The average molecular weight is 496 g/mol. The molecule has 0 spiro atoms. The number of nitrogens with zero attached hydrogens (tertiary/aromatic N) is 1. The average Bonchev–Trinajstić information content (AvgIpc) is 2.70. The maximum absolute atomic E-state index is 14.4. The normalized spacial score (nSPS) is 15.8. The molecule has 5 nitrogen and oxygen atoms in total. The summed E-state index contributed by atoms with van der Waals surface area (Å²) in [6.45, 7) is 2.71. The number of amides is 1. The Morgan fingerprint density at radius 3 is 2.77 bits per heavy atom. The monoisotopic (exact) mass is 495 g/mol. The number of carbonyl (C=O) groups is 2. The summed E-state index contributed by atoms with van der Waals surface area (Å²) < 4.78 is 20.9. The van der Waals surface area contributed by atoms with Gasteiger partial charge in [-0.2, -0.15) is 0 Å². The minimum absolute atomic E-state index is 0.0148. The minimum atomic E-state index is -1.05. The number of hydrogen-bond donors (Lipinski definition) is 1. The highest BCUT2D eigenvalue weighted by Gasteiger charge is 2.35. The SMILES string of the molecule is CCCCCOc1ccc2c(c1)N(Cc1ccc(Br)cc1F)C(=O)C(CC(=O)O)S2. The van der Waals surface area contributed by atoms with Crippen molar-refractivity contribution in [2.24, 2.45) is 0 Å². The number of unbranched alkanes of at least 4 members (excludes halogenated alkanes) is 2. The smallest absolute Gasteiger partial charge is 0.305 e. The Morgan fingerprint density at radius 2 is 2.07 bits per heavy atom. The van der Waals surface area contributed by atoms with E-state index < -0.39 is 17.0 Å². The van der Waals surface area contributed by atoms with Gasteiger partial charge in [-0.05, 0) is 30.7 Å². The van der Waals surface area contributed by atoms with Crippen LogP contribution in [0.15, 0.2) is 45.8 Å². The zero-order valence-electron chi connectivity index (χ0n) is 16.6. The van der Waals surface area contributed by atoms with Gasteiger partial charge in [-0.25, -0.2) is 4.39 Å². The van der Waals surface area contributed by atoms with Crippen molar-refractivity contribution in [1.82, 2.24) is 0 Å². The van der Waals surface area contributed by atoms with Crippen molar-refractivity contribution in [1.29, 1.82) is 0 Å². The van der Waals surface area contributed by atoms with Crippen LogP contribution in [0.3, 0.4) is 0 Å². The Hall–Kier alpha value is -2.06. The van der Waals surface area contributed by atoms with Crippen LogP contribution in [0.5, 0.6) is 5.75 Å². The first kappa shape index (κ1) is 22.6. The molecule has 1 aliphatic rings. The molecule has 0 aliphatic carbocycles. The predicted octanol–water partition coefficient (Wildman–Crippen LogP) is 5.64. The van der Waals surface area contributed by atoms with Gasteiger partial charge in [-0.3, -0.25) is 9.59 Å². The minimum Gasteiger partial charge on any atom is -0.494 e. The lowest BCUT2D eigenvalue weighted by Crippen LogP contribution is -2.41. The van der Waals surface area contributed by atoms with E-state index in [4.69, 9.17) is 4.74 Å². The zero-order chi connectivity index (χ0) is 21.7. The molecule has 1 aliphatic heterocycles. The van der Waals surface area contributed by atoms with Crippen LogP contribution in [0.2, 0.25) is 0 Å². The molecule has 1 atom stereocenters. The van der Waals surface area contributed by atoms with Crippen LogP contribution < -0.4 is 9.64 Å². The number of thioether (sulfide) groups is 1. The van der Waals surface area contributed by atoms with Crippen molar-refractivity contribution in [3.63, 3.8) is 0 Å². The number of halogens is 2.